The van der Waals surface area contributed by atoms with Crippen LogP contribution in [0.4, 0.5) is 20.4 Å². The predicted octanol–water partition coefficient (Wildman–Crippen LogP) is 2.81. The molecule has 1 amide bonds. The Hall–Kier alpha value is -2.33. The summed E-state index contributed by atoms with van der Waals surface area (Å²) in [6.07, 6.45) is 1.22. The number of aliphatic carboxylic acids is 1. The van der Waals surface area contributed by atoms with Gasteiger partial charge in [0.25, 0.3) is 0 Å². The second-order valence-electron chi connectivity index (χ2n) is 4.32. The molecule has 3 N–H and O–H groups in total. The number of anilines is 2. The maximum absolute atomic E-state index is 13.7. The highest BCUT2D eigenvalue weighted by Crippen LogP contribution is 2.25. The van der Waals surface area contributed by atoms with E-state index in [1.54, 1.807) is 0 Å². The molecule has 126 valence electrons. The molecule has 0 fully saturated rings. The van der Waals surface area contributed by atoms with Crippen molar-refractivity contribution >= 4 is 51.0 Å². The lowest BCUT2D eigenvalue weighted by Gasteiger charge is -2.12. The van der Waals surface area contributed by atoms with Crippen LogP contribution in [-0.4, -0.2) is 27.0 Å². The van der Waals surface area contributed by atoms with E-state index in [0.29, 0.717) is 0 Å². The van der Waals surface area contributed by atoms with E-state index in [9.17, 15) is 18.4 Å². The van der Waals surface area contributed by atoms with E-state index < -0.39 is 28.5 Å². The summed E-state index contributed by atoms with van der Waals surface area (Å²) in [5.74, 6) is -4.84. The van der Waals surface area contributed by atoms with Crippen molar-refractivity contribution in [3.63, 3.8) is 0 Å². The summed E-state index contributed by atoms with van der Waals surface area (Å²) in [6, 6.07) is 1.80. The fraction of sp³-hybridized carbons (Fsp3) is 0.0769. The zero-order valence-corrected chi connectivity index (χ0v) is 14.0. The van der Waals surface area contributed by atoms with Crippen molar-refractivity contribution in [2.45, 2.75) is 6.54 Å². The molecule has 0 saturated heterocycles. The van der Waals surface area contributed by atoms with Gasteiger partial charge in [-0.2, -0.15) is 0 Å². The van der Waals surface area contributed by atoms with E-state index in [0.717, 1.165) is 12.1 Å². The Labute approximate surface area is 147 Å². The standard InChI is InChI=1S/C13H8BrClF2N4O3/c14-8-4-19-11(21-12(22)13(23)24)10(20-8)18-3-5-6(16)1-2-7(17)9(5)15/h1-2,4H,3H2,(H,18,20)(H,23,24)(H,19,21,22). The minimum absolute atomic E-state index is 0.0568. The van der Waals surface area contributed by atoms with Gasteiger partial charge in [0, 0.05) is 12.1 Å². The smallest absolute Gasteiger partial charge is 0.394 e. The number of carboxylic acids is 1. The SMILES string of the molecule is O=C(O)C(=O)Nc1ncc(Br)nc1NCc1c(F)ccc(F)c1Cl. The lowest BCUT2D eigenvalue weighted by molar-refractivity contribution is -0.147. The molecule has 1 aromatic carbocycles. The Balaban J connectivity index is 2.27. The number of aromatic nitrogens is 2. The highest BCUT2D eigenvalue weighted by atomic mass is 79.9. The quantitative estimate of drug-likeness (QED) is 0.518. The van der Waals surface area contributed by atoms with Crippen molar-refractivity contribution in [3.8, 4) is 0 Å². The van der Waals surface area contributed by atoms with Crippen molar-refractivity contribution in [2.24, 2.45) is 0 Å². The van der Waals surface area contributed by atoms with Gasteiger partial charge in [-0.15, -0.1) is 0 Å². The number of carboxylic acid groups (broad SMARTS) is 1. The first-order valence-corrected chi connectivity index (χ1v) is 7.39. The Bertz CT molecular complexity index is 822. The molecule has 2 aromatic rings. The highest BCUT2D eigenvalue weighted by molar-refractivity contribution is 9.10. The number of amides is 1. The second kappa shape index (κ2) is 7.49. The van der Waals surface area contributed by atoms with Gasteiger partial charge < -0.3 is 10.4 Å². The Morgan fingerprint density at radius 1 is 1.25 bits per heavy atom. The minimum atomic E-state index is -1.72. The van der Waals surface area contributed by atoms with Crippen LogP contribution in [0.25, 0.3) is 0 Å². The summed E-state index contributed by atoms with van der Waals surface area (Å²) in [6.45, 7) is -0.274. The van der Waals surface area contributed by atoms with E-state index in [4.69, 9.17) is 16.7 Å². The molecule has 2 rings (SSSR count). The van der Waals surface area contributed by atoms with Crippen LogP contribution in [0, 0.1) is 11.6 Å². The average molecular weight is 422 g/mol. The molecule has 0 radical (unpaired) electrons. The number of benzene rings is 1. The molecule has 1 heterocycles. The molecule has 0 aliphatic rings. The zero-order valence-electron chi connectivity index (χ0n) is 11.6. The van der Waals surface area contributed by atoms with Crippen LogP contribution >= 0.6 is 27.5 Å². The summed E-state index contributed by atoms with van der Waals surface area (Å²) in [5.41, 5.74) is -0.158. The van der Waals surface area contributed by atoms with Crippen molar-refractivity contribution < 1.29 is 23.5 Å². The van der Waals surface area contributed by atoms with Gasteiger partial charge in [-0.1, -0.05) is 11.6 Å². The monoisotopic (exact) mass is 420 g/mol. The summed E-state index contributed by atoms with van der Waals surface area (Å²) in [7, 11) is 0. The van der Waals surface area contributed by atoms with E-state index in [2.05, 4.69) is 31.2 Å². The van der Waals surface area contributed by atoms with E-state index in [1.807, 2.05) is 5.32 Å². The van der Waals surface area contributed by atoms with Crippen LogP contribution in [0.5, 0.6) is 0 Å². The van der Waals surface area contributed by atoms with Crippen molar-refractivity contribution in [1.82, 2.24) is 9.97 Å². The number of nitrogens with one attached hydrogen (secondary N) is 2. The molecule has 1 aromatic heterocycles. The van der Waals surface area contributed by atoms with Crippen LogP contribution in [0.1, 0.15) is 5.56 Å². The number of rotatable bonds is 4. The van der Waals surface area contributed by atoms with E-state index in [-0.39, 0.29) is 28.3 Å². The molecular formula is C13H8BrClF2N4O3. The van der Waals surface area contributed by atoms with E-state index in [1.165, 1.54) is 6.20 Å². The third-order valence-corrected chi connectivity index (χ3v) is 3.53. The van der Waals surface area contributed by atoms with Gasteiger partial charge in [-0.3, -0.25) is 10.1 Å². The summed E-state index contributed by atoms with van der Waals surface area (Å²) < 4.78 is 27.4. The van der Waals surface area contributed by atoms with Gasteiger partial charge in [0.2, 0.25) is 0 Å². The van der Waals surface area contributed by atoms with Gasteiger partial charge in [-0.25, -0.2) is 23.5 Å². The van der Waals surface area contributed by atoms with Crippen LogP contribution < -0.4 is 10.6 Å². The number of carbonyl (C=O) groups is 2. The average Bonchev–Trinajstić information content (AvgIpc) is 2.53. The largest absolute Gasteiger partial charge is 0.474 e. The number of hydrogen-bond acceptors (Lipinski definition) is 5. The van der Waals surface area contributed by atoms with Crippen molar-refractivity contribution in [1.29, 1.82) is 0 Å². The normalized spacial score (nSPS) is 10.3. The lowest BCUT2D eigenvalue weighted by Crippen LogP contribution is -2.23. The number of hydrogen-bond donors (Lipinski definition) is 3. The number of carbonyl (C=O) groups excluding carboxylic acids is 1. The summed E-state index contributed by atoms with van der Waals surface area (Å²) in [4.78, 5) is 29.6. The molecule has 0 unspecified atom stereocenters. The maximum atomic E-state index is 13.7. The topological polar surface area (TPSA) is 104 Å². The highest BCUT2D eigenvalue weighted by Gasteiger charge is 2.17. The molecule has 0 aliphatic heterocycles. The zero-order chi connectivity index (χ0) is 17.9. The van der Waals surface area contributed by atoms with Crippen molar-refractivity contribution in [2.75, 3.05) is 10.6 Å². The molecule has 11 heteroatoms. The summed E-state index contributed by atoms with van der Waals surface area (Å²) >= 11 is 8.77. The van der Waals surface area contributed by atoms with Crippen LogP contribution in [0.2, 0.25) is 5.02 Å². The molecular weight excluding hydrogens is 414 g/mol. The molecule has 0 aliphatic carbocycles. The first kappa shape index (κ1) is 18.0. The van der Waals surface area contributed by atoms with Crippen LogP contribution in [0.3, 0.4) is 0 Å². The first-order chi connectivity index (χ1) is 11.3. The third kappa shape index (κ3) is 4.15. The Morgan fingerprint density at radius 3 is 2.58 bits per heavy atom. The number of nitrogens with zero attached hydrogens (tertiary/aromatic N) is 2. The van der Waals surface area contributed by atoms with Gasteiger partial charge in [0.05, 0.1) is 11.2 Å². The fourth-order valence-corrected chi connectivity index (χ4v) is 2.15. The van der Waals surface area contributed by atoms with Crippen LogP contribution in [-0.2, 0) is 16.1 Å². The molecule has 0 saturated carbocycles. The number of halogens is 4. The summed E-state index contributed by atoms with van der Waals surface area (Å²) in [5, 5.41) is 12.8. The predicted molar refractivity (Wildman–Crippen MR) is 84.7 cm³/mol. The molecule has 0 bridgehead atoms. The maximum Gasteiger partial charge on any atom is 0.394 e. The van der Waals surface area contributed by atoms with Gasteiger partial charge >= 0.3 is 11.9 Å². The molecule has 24 heavy (non-hydrogen) atoms. The van der Waals surface area contributed by atoms with E-state index >= 15 is 0 Å². The lowest BCUT2D eigenvalue weighted by atomic mass is 10.2. The van der Waals surface area contributed by atoms with Gasteiger partial charge in [-0.05, 0) is 28.1 Å². The molecule has 0 spiro atoms. The van der Waals surface area contributed by atoms with Gasteiger partial charge in [0.1, 0.15) is 16.2 Å². The Kier molecular flexibility index (Phi) is 5.62. The Morgan fingerprint density at radius 2 is 1.92 bits per heavy atom. The van der Waals surface area contributed by atoms with Crippen molar-refractivity contribution in [3.05, 3.63) is 45.2 Å². The van der Waals surface area contributed by atoms with Gasteiger partial charge in [0.15, 0.2) is 11.6 Å². The van der Waals surface area contributed by atoms with Crippen LogP contribution in [0.15, 0.2) is 22.9 Å². The minimum Gasteiger partial charge on any atom is -0.474 e. The second-order valence-corrected chi connectivity index (χ2v) is 5.51. The fourth-order valence-electron chi connectivity index (χ4n) is 1.65. The molecule has 0 atom stereocenters. The third-order valence-electron chi connectivity index (χ3n) is 2.74. The molecule has 7 nitrogen and oxygen atoms in total. The first-order valence-electron chi connectivity index (χ1n) is 6.22.